The highest BCUT2D eigenvalue weighted by molar-refractivity contribution is 14.1. The van der Waals surface area contributed by atoms with Crippen LogP contribution in [0.4, 0.5) is 5.82 Å². The second kappa shape index (κ2) is 5.44. The smallest absolute Gasteiger partial charge is 0.165 e. The van der Waals surface area contributed by atoms with Crippen molar-refractivity contribution in [3.63, 3.8) is 0 Å². The molecule has 1 aromatic carbocycles. The lowest BCUT2D eigenvalue weighted by Crippen LogP contribution is -2.03. The van der Waals surface area contributed by atoms with Crippen LogP contribution in [-0.4, -0.2) is 19.7 Å². The van der Waals surface area contributed by atoms with Crippen molar-refractivity contribution in [2.24, 2.45) is 7.05 Å². The minimum absolute atomic E-state index is 0.489. The first-order valence-corrected chi connectivity index (χ1v) is 7.53. The Balaban J connectivity index is 2.21. The molecule has 0 amide bonds. The lowest BCUT2D eigenvalue weighted by atomic mass is 10.1. The first-order valence-electron chi connectivity index (χ1n) is 6.45. The van der Waals surface area contributed by atoms with Crippen molar-refractivity contribution < 1.29 is 0 Å². The van der Waals surface area contributed by atoms with Gasteiger partial charge in [0.2, 0.25) is 0 Å². The van der Waals surface area contributed by atoms with Gasteiger partial charge in [-0.3, -0.25) is 4.68 Å². The van der Waals surface area contributed by atoms with Crippen molar-refractivity contribution in [3.05, 3.63) is 45.8 Å². The molecule has 2 heterocycles. The first-order chi connectivity index (χ1) is 10.1. The number of nitrogen functional groups attached to an aromatic ring is 1. The highest BCUT2D eigenvalue weighted by Gasteiger charge is 2.16. The molecule has 0 aliphatic rings. The first kappa shape index (κ1) is 14.0. The number of nitrogens with two attached hydrogens (primary N) is 1. The van der Waals surface area contributed by atoms with Gasteiger partial charge in [0.25, 0.3) is 0 Å². The molecule has 0 atom stereocenters. The van der Waals surface area contributed by atoms with Gasteiger partial charge < -0.3 is 5.73 Å². The van der Waals surface area contributed by atoms with Crippen LogP contribution < -0.4 is 5.73 Å². The summed E-state index contributed by atoms with van der Waals surface area (Å²) in [5.74, 6) is 1.10. The fraction of sp³-hybridized carbons (Fsp3) is 0.133. The van der Waals surface area contributed by atoms with Crippen molar-refractivity contribution in [1.82, 2.24) is 19.7 Å². The van der Waals surface area contributed by atoms with Gasteiger partial charge in [-0.05, 0) is 29.5 Å². The average molecular weight is 391 g/mol. The highest BCUT2D eigenvalue weighted by atomic mass is 127. The highest BCUT2D eigenvalue weighted by Crippen LogP contribution is 2.30. The molecule has 6 heteroatoms. The van der Waals surface area contributed by atoms with Gasteiger partial charge in [0.05, 0.1) is 21.0 Å². The Morgan fingerprint density at radius 1 is 1.14 bits per heavy atom. The van der Waals surface area contributed by atoms with E-state index in [0.29, 0.717) is 11.6 Å². The van der Waals surface area contributed by atoms with Crippen molar-refractivity contribution in [3.8, 4) is 22.6 Å². The molecule has 0 saturated carbocycles. The normalized spacial score (nSPS) is 10.8. The number of benzene rings is 1. The van der Waals surface area contributed by atoms with Crippen LogP contribution in [0.5, 0.6) is 0 Å². The van der Waals surface area contributed by atoms with E-state index in [1.807, 2.05) is 44.3 Å². The summed E-state index contributed by atoms with van der Waals surface area (Å²) in [5, 5.41) is 4.24. The molecule has 2 aromatic heterocycles. The zero-order valence-corrected chi connectivity index (χ0v) is 13.9. The van der Waals surface area contributed by atoms with E-state index < -0.39 is 0 Å². The molecule has 5 nitrogen and oxygen atoms in total. The summed E-state index contributed by atoms with van der Waals surface area (Å²) in [6.45, 7) is 1.99. The SMILES string of the molecule is Cc1c(-c2nc(N)c(I)c(-c3ccccc3)n2)cnn1C. The summed E-state index contributed by atoms with van der Waals surface area (Å²) in [7, 11) is 1.90. The van der Waals surface area contributed by atoms with Gasteiger partial charge in [0.15, 0.2) is 5.82 Å². The van der Waals surface area contributed by atoms with Crippen molar-refractivity contribution in [2.75, 3.05) is 5.73 Å². The number of rotatable bonds is 2. The standard InChI is InChI=1S/C15H14IN5/c1-9-11(8-18-21(9)2)15-19-13(12(16)14(17)20-15)10-6-4-3-5-7-10/h3-8H,1-2H3,(H2,17,19,20). The summed E-state index contributed by atoms with van der Waals surface area (Å²) < 4.78 is 2.67. The third kappa shape index (κ3) is 2.51. The van der Waals surface area contributed by atoms with Gasteiger partial charge in [0.1, 0.15) is 5.82 Å². The Labute approximate surface area is 136 Å². The second-order valence-electron chi connectivity index (χ2n) is 4.73. The summed E-state index contributed by atoms with van der Waals surface area (Å²) in [6.07, 6.45) is 1.77. The number of anilines is 1. The average Bonchev–Trinajstić information content (AvgIpc) is 2.83. The Bertz CT molecular complexity index is 795. The zero-order chi connectivity index (χ0) is 15.0. The van der Waals surface area contributed by atoms with E-state index in [4.69, 9.17) is 10.7 Å². The van der Waals surface area contributed by atoms with E-state index in [1.165, 1.54) is 0 Å². The van der Waals surface area contributed by atoms with Gasteiger partial charge in [0, 0.05) is 18.3 Å². The number of aryl methyl sites for hydroxylation is 1. The van der Waals surface area contributed by atoms with Crippen LogP contribution in [0.25, 0.3) is 22.6 Å². The molecule has 0 aliphatic heterocycles. The van der Waals surface area contributed by atoms with Gasteiger partial charge in [-0.2, -0.15) is 5.10 Å². The number of nitrogens with zero attached hydrogens (tertiary/aromatic N) is 4. The minimum atomic E-state index is 0.489. The van der Waals surface area contributed by atoms with Gasteiger partial charge in [-0.15, -0.1) is 0 Å². The van der Waals surface area contributed by atoms with Crippen LogP contribution in [0.15, 0.2) is 36.5 Å². The molecule has 0 bridgehead atoms. The lowest BCUT2D eigenvalue weighted by molar-refractivity contribution is 0.740. The zero-order valence-electron chi connectivity index (χ0n) is 11.7. The third-order valence-corrected chi connectivity index (χ3v) is 4.46. The summed E-state index contributed by atoms with van der Waals surface area (Å²) >= 11 is 2.19. The number of aromatic nitrogens is 4. The fourth-order valence-electron chi connectivity index (χ4n) is 2.09. The maximum absolute atomic E-state index is 6.07. The number of hydrogen-bond donors (Lipinski definition) is 1. The molecule has 0 unspecified atom stereocenters. The molecule has 0 aliphatic carbocycles. The molecule has 0 spiro atoms. The second-order valence-corrected chi connectivity index (χ2v) is 5.81. The van der Waals surface area contributed by atoms with E-state index in [0.717, 1.165) is 26.1 Å². The summed E-state index contributed by atoms with van der Waals surface area (Å²) in [5.41, 5.74) is 9.85. The van der Waals surface area contributed by atoms with Crippen molar-refractivity contribution in [1.29, 1.82) is 0 Å². The topological polar surface area (TPSA) is 69.6 Å². The maximum Gasteiger partial charge on any atom is 0.165 e. The van der Waals surface area contributed by atoms with Crippen molar-refractivity contribution in [2.45, 2.75) is 6.92 Å². The lowest BCUT2D eigenvalue weighted by Gasteiger charge is -2.09. The molecular formula is C15H14IN5. The third-order valence-electron chi connectivity index (χ3n) is 3.40. The van der Waals surface area contributed by atoms with Crippen LogP contribution in [0, 0.1) is 10.5 Å². The van der Waals surface area contributed by atoms with Crippen LogP contribution >= 0.6 is 22.6 Å². The van der Waals surface area contributed by atoms with E-state index in [1.54, 1.807) is 10.9 Å². The number of hydrogen-bond acceptors (Lipinski definition) is 4. The molecule has 3 rings (SSSR count). The predicted molar refractivity (Wildman–Crippen MR) is 91.5 cm³/mol. The molecule has 2 N–H and O–H groups in total. The monoisotopic (exact) mass is 391 g/mol. The molecular weight excluding hydrogens is 377 g/mol. The Morgan fingerprint density at radius 3 is 2.48 bits per heavy atom. The van der Waals surface area contributed by atoms with E-state index >= 15 is 0 Å². The summed E-state index contributed by atoms with van der Waals surface area (Å²) in [6, 6.07) is 9.98. The maximum atomic E-state index is 6.07. The quantitative estimate of drug-likeness (QED) is 0.682. The summed E-state index contributed by atoms with van der Waals surface area (Å²) in [4.78, 5) is 9.10. The molecule has 21 heavy (non-hydrogen) atoms. The van der Waals surface area contributed by atoms with Crippen molar-refractivity contribution >= 4 is 28.4 Å². The molecule has 106 valence electrons. The van der Waals surface area contributed by atoms with Gasteiger partial charge in [-0.25, -0.2) is 9.97 Å². The molecule has 0 saturated heterocycles. The Morgan fingerprint density at radius 2 is 1.86 bits per heavy atom. The van der Waals surface area contributed by atoms with E-state index in [-0.39, 0.29) is 0 Å². The van der Waals surface area contributed by atoms with Crippen LogP contribution in [0.3, 0.4) is 0 Å². The number of halogens is 1. The van der Waals surface area contributed by atoms with E-state index in [2.05, 4.69) is 32.7 Å². The molecule has 3 aromatic rings. The van der Waals surface area contributed by atoms with Crippen LogP contribution in [-0.2, 0) is 7.05 Å². The molecule has 0 fully saturated rings. The minimum Gasteiger partial charge on any atom is -0.383 e. The fourth-order valence-corrected chi connectivity index (χ4v) is 2.64. The van der Waals surface area contributed by atoms with Crippen LogP contribution in [0.2, 0.25) is 0 Å². The van der Waals surface area contributed by atoms with E-state index in [9.17, 15) is 0 Å². The van der Waals surface area contributed by atoms with Gasteiger partial charge >= 0.3 is 0 Å². The van der Waals surface area contributed by atoms with Crippen LogP contribution in [0.1, 0.15) is 5.69 Å². The largest absolute Gasteiger partial charge is 0.383 e. The Kier molecular flexibility index (Phi) is 3.62. The predicted octanol–water partition coefficient (Wildman–Crippen LogP) is 3.04. The Hall–Kier alpha value is -1.96. The molecule has 0 radical (unpaired) electrons. The van der Waals surface area contributed by atoms with Gasteiger partial charge in [-0.1, -0.05) is 30.3 Å².